The Hall–Kier alpha value is -0.0400. The van der Waals surface area contributed by atoms with Gasteiger partial charge in [-0.05, 0) is 32.6 Å². The zero-order valence-electron chi connectivity index (χ0n) is 7.48. The minimum absolute atomic E-state index is 0.0845. The third-order valence-corrected chi connectivity index (χ3v) is 2.39. The summed E-state index contributed by atoms with van der Waals surface area (Å²) in [5, 5.41) is 0. The molecule has 1 rings (SSSR count). The largest absolute Gasteiger partial charge is 0.372 e. The average molecular weight is 142 g/mol. The monoisotopic (exact) mass is 142 g/mol. The minimum Gasteiger partial charge on any atom is -0.372 e. The summed E-state index contributed by atoms with van der Waals surface area (Å²) in [4.78, 5) is 0. The van der Waals surface area contributed by atoms with Crippen LogP contribution in [0.15, 0.2) is 0 Å². The maximum atomic E-state index is 5.81. The molecule has 60 valence electrons. The van der Waals surface area contributed by atoms with Crippen LogP contribution in [0.25, 0.3) is 0 Å². The number of hydrogen-bond donors (Lipinski definition) is 0. The Kier molecular flexibility index (Phi) is 2.04. The molecule has 0 bridgehead atoms. The number of ether oxygens (including phenoxy) is 1. The van der Waals surface area contributed by atoms with Crippen molar-refractivity contribution in [1.29, 1.82) is 0 Å². The van der Waals surface area contributed by atoms with E-state index in [0.717, 1.165) is 0 Å². The van der Waals surface area contributed by atoms with Gasteiger partial charge in [0.05, 0.1) is 11.7 Å². The molecule has 10 heavy (non-hydrogen) atoms. The number of rotatable bonds is 3. The van der Waals surface area contributed by atoms with Crippen LogP contribution in [0.4, 0.5) is 0 Å². The maximum absolute atomic E-state index is 5.81. The van der Waals surface area contributed by atoms with E-state index in [4.69, 9.17) is 4.74 Å². The summed E-state index contributed by atoms with van der Waals surface area (Å²) >= 11 is 0. The van der Waals surface area contributed by atoms with Gasteiger partial charge in [-0.2, -0.15) is 0 Å². The zero-order valence-corrected chi connectivity index (χ0v) is 7.48. The van der Waals surface area contributed by atoms with Crippen molar-refractivity contribution in [2.24, 2.45) is 5.92 Å². The van der Waals surface area contributed by atoms with Gasteiger partial charge in [-0.1, -0.05) is 13.8 Å². The highest BCUT2D eigenvalue weighted by atomic mass is 16.5. The molecule has 0 heterocycles. The molecule has 0 unspecified atom stereocenters. The zero-order chi connectivity index (χ0) is 7.78. The van der Waals surface area contributed by atoms with Crippen LogP contribution in [-0.4, -0.2) is 11.7 Å². The Morgan fingerprint density at radius 1 is 1.30 bits per heavy atom. The van der Waals surface area contributed by atoms with E-state index >= 15 is 0 Å². The Morgan fingerprint density at radius 2 is 1.80 bits per heavy atom. The fourth-order valence-corrected chi connectivity index (χ4v) is 0.752. The summed E-state index contributed by atoms with van der Waals surface area (Å²) in [7, 11) is 0. The molecule has 1 aliphatic carbocycles. The second kappa shape index (κ2) is 2.54. The van der Waals surface area contributed by atoms with Gasteiger partial charge < -0.3 is 4.74 Å². The van der Waals surface area contributed by atoms with Crippen molar-refractivity contribution in [3.63, 3.8) is 0 Å². The lowest BCUT2D eigenvalue weighted by Crippen LogP contribution is -2.31. The molecule has 0 aromatic carbocycles. The molecule has 1 aliphatic rings. The third-order valence-electron chi connectivity index (χ3n) is 2.39. The molecule has 0 spiro atoms. The summed E-state index contributed by atoms with van der Waals surface area (Å²) in [6.45, 7) is 8.77. The predicted octanol–water partition coefficient (Wildman–Crippen LogP) is 2.60. The fourth-order valence-electron chi connectivity index (χ4n) is 0.752. The van der Waals surface area contributed by atoms with Gasteiger partial charge in [0.25, 0.3) is 0 Å². The van der Waals surface area contributed by atoms with Crippen molar-refractivity contribution >= 4 is 0 Å². The average Bonchev–Trinajstić information content (AvgIpc) is 2.48. The molecule has 0 aliphatic heterocycles. The third kappa shape index (κ3) is 1.98. The van der Waals surface area contributed by atoms with E-state index in [2.05, 4.69) is 27.7 Å². The van der Waals surface area contributed by atoms with Crippen molar-refractivity contribution in [1.82, 2.24) is 0 Å². The summed E-state index contributed by atoms with van der Waals surface area (Å²) in [6, 6.07) is 0. The lowest BCUT2D eigenvalue weighted by atomic mass is 9.95. The van der Waals surface area contributed by atoms with Crippen LogP contribution < -0.4 is 0 Å². The second-order valence-corrected chi connectivity index (χ2v) is 4.08. The van der Waals surface area contributed by atoms with Gasteiger partial charge in [-0.3, -0.25) is 0 Å². The van der Waals surface area contributed by atoms with Crippen molar-refractivity contribution < 1.29 is 4.74 Å². The molecule has 1 fully saturated rings. The lowest BCUT2D eigenvalue weighted by Gasteiger charge is -2.29. The van der Waals surface area contributed by atoms with Crippen molar-refractivity contribution in [2.75, 3.05) is 0 Å². The first-order valence-corrected chi connectivity index (χ1v) is 4.20. The van der Waals surface area contributed by atoms with E-state index in [1.54, 1.807) is 0 Å². The molecule has 0 amide bonds. The molecule has 0 aromatic rings. The SMILES string of the molecule is CC(C)C(C)(C)OC1CC1. The molecule has 0 aromatic heterocycles. The molecular weight excluding hydrogens is 124 g/mol. The van der Waals surface area contributed by atoms with Crippen LogP contribution in [0.2, 0.25) is 0 Å². The maximum Gasteiger partial charge on any atom is 0.0653 e. The first-order chi connectivity index (χ1) is 4.52. The first-order valence-electron chi connectivity index (χ1n) is 4.20. The second-order valence-electron chi connectivity index (χ2n) is 4.08. The summed E-state index contributed by atoms with van der Waals surface area (Å²) < 4.78 is 5.81. The summed E-state index contributed by atoms with van der Waals surface area (Å²) in [5.74, 6) is 0.619. The van der Waals surface area contributed by atoms with E-state index in [-0.39, 0.29) is 5.60 Å². The van der Waals surface area contributed by atoms with Gasteiger partial charge in [0.2, 0.25) is 0 Å². The van der Waals surface area contributed by atoms with E-state index in [1.165, 1.54) is 12.8 Å². The Labute approximate surface area is 63.8 Å². The first kappa shape index (κ1) is 8.06. The Morgan fingerprint density at radius 3 is 2.10 bits per heavy atom. The van der Waals surface area contributed by atoms with E-state index < -0.39 is 0 Å². The van der Waals surface area contributed by atoms with Crippen LogP contribution in [0, 0.1) is 5.92 Å². The number of hydrogen-bond acceptors (Lipinski definition) is 1. The molecule has 1 heteroatoms. The molecular formula is C9H18O. The topological polar surface area (TPSA) is 9.23 Å². The van der Waals surface area contributed by atoms with Crippen LogP contribution in [0.1, 0.15) is 40.5 Å². The minimum atomic E-state index is 0.0845. The quantitative estimate of drug-likeness (QED) is 0.588. The highest BCUT2D eigenvalue weighted by Crippen LogP contribution is 2.32. The van der Waals surface area contributed by atoms with Crippen LogP contribution in [-0.2, 0) is 4.74 Å². The van der Waals surface area contributed by atoms with Gasteiger partial charge in [0.15, 0.2) is 0 Å². The molecule has 1 saturated carbocycles. The van der Waals surface area contributed by atoms with E-state index in [9.17, 15) is 0 Å². The van der Waals surface area contributed by atoms with E-state index in [0.29, 0.717) is 12.0 Å². The van der Waals surface area contributed by atoms with Crippen molar-refractivity contribution in [3.05, 3.63) is 0 Å². The van der Waals surface area contributed by atoms with Crippen LogP contribution in [0.3, 0.4) is 0 Å². The summed E-state index contributed by atoms with van der Waals surface area (Å²) in [5.41, 5.74) is 0.0845. The molecule has 0 N–H and O–H groups in total. The standard InChI is InChI=1S/C9H18O/c1-7(2)9(3,4)10-8-5-6-8/h7-8H,5-6H2,1-4H3. The predicted molar refractivity (Wildman–Crippen MR) is 43.0 cm³/mol. The fraction of sp³-hybridized carbons (Fsp3) is 1.00. The molecule has 0 atom stereocenters. The van der Waals surface area contributed by atoms with Crippen molar-refractivity contribution in [2.45, 2.75) is 52.2 Å². The highest BCUT2D eigenvalue weighted by Gasteiger charge is 2.32. The van der Waals surface area contributed by atoms with E-state index in [1.807, 2.05) is 0 Å². The normalized spacial score (nSPS) is 20.1. The van der Waals surface area contributed by atoms with Crippen molar-refractivity contribution in [3.8, 4) is 0 Å². The molecule has 0 radical (unpaired) electrons. The van der Waals surface area contributed by atoms with Gasteiger partial charge in [-0.25, -0.2) is 0 Å². The highest BCUT2D eigenvalue weighted by molar-refractivity contribution is 4.81. The smallest absolute Gasteiger partial charge is 0.0653 e. The Bertz CT molecular complexity index is 112. The lowest BCUT2D eigenvalue weighted by molar-refractivity contribution is -0.0609. The van der Waals surface area contributed by atoms with Gasteiger partial charge in [-0.15, -0.1) is 0 Å². The van der Waals surface area contributed by atoms with Crippen LogP contribution >= 0.6 is 0 Å². The van der Waals surface area contributed by atoms with Gasteiger partial charge >= 0.3 is 0 Å². The van der Waals surface area contributed by atoms with Gasteiger partial charge in [0.1, 0.15) is 0 Å². The molecule has 1 nitrogen and oxygen atoms in total. The Balaban J connectivity index is 2.33. The van der Waals surface area contributed by atoms with Crippen LogP contribution in [0.5, 0.6) is 0 Å². The summed E-state index contributed by atoms with van der Waals surface area (Å²) in [6.07, 6.45) is 3.13. The van der Waals surface area contributed by atoms with Gasteiger partial charge in [0, 0.05) is 0 Å². The molecule has 0 saturated heterocycles.